The zero-order valence-corrected chi connectivity index (χ0v) is 16.7. The summed E-state index contributed by atoms with van der Waals surface area (Å²) in [5, 5.41) is 1.08. The van der Waals surface area contributed by atoms with Gasteiger partial charge in [-0.15, -0.1) is 0 Å². The van der Waals surface area contributed by atoms with E-state index in [1.807, 2.05) is 37.3 Å². The molecule has 29 heavy (non-hydrogen) atoms. The molecule has 0 saturated carbocycles. The molecule has 1 N–H and O–H groups in total. The second kappa shape index (κ2) is 7.80. The monoisotopic (exact) mass is 386 g/mol. The normalized spacial score (nSPS) is 10.9. The Labute approximate surface area is 169 Å². The first-order chi connectivity index (χ1) is 14.1. The van der Waals surface area contributed by atoms with Gasteiger partial charge in [-0.2, -0.15) is 0 Å². The van der Waals surface area contributed by atoms with Crippen molar-refractivity contribution in [3.8, 4) is 17.0 Å². The molecular formula is C24H22N2O3. The topological polar surface area (TPSA) is 64.2 Å². The summed E-state index contributed by atoms with van der Waals surface area (Å²) in [6.45, 7) is 2.03. The molecule has 0 unspecified atom stereocenters. The number of nitrogens with one attached hydrogen (secondary N) is 1. The highest BCUT2D eigenvalue weighted by Crippen LogP contribution is 2.35. The van der Waals surface area contributed by atoms with Gasteiger partial charge in [0, 0.05) is 23.0 Å². The van der Waals surface area contributed by atoms with Crippen LogP contribution in [0, 0.1) is 6.92 Å². The van der Waals surface area contributed by atoms with Gasteiger partial charge in [-0.3, -0.25) is 0 Å². The minimum absolute atomic E-state index is 0.305. The van der Waals surface area contributed by atoms with Crippen molar-refractivity contribution >= 4 is 16.9 Å². The van der Waals surface area contributed by atoms with Crippen molar-refractivity contribution in [2.75, 3.05) is 14.2 Å². The summed E-state index contributed by atoms with van der Waals surface area (Å²) in [4.78, 5) is 19.9. The number of rotatable bonds is 5. The standard InChI is InChI=1S/C24H22N2O3/c1-15-12-21-18(14-22(15)28-2)19(23(26-21)16-8-5-4-6-9-16)13-17-10-7-11-20(25-17)24(27)29-3/h4-12,14,26H,13H2,1-3H3. The van der Waals surface area contributed by atoms with Gasteiger partial charge in [-0.1, -0.05) is 36.4 Å². The lowest BCUT2D eigenvalue weighted by Gasteiger charge is -2.08. The first-order valence-corrected chi connectivity index (χ1v) is 9.39. The quantitative estimate of drug-likeness (QED) is 0.494. The van der Waals surface area contributed by atoms with E-state index in [2.05, 4.69) is 34.2 Å². The summed E-state index contributed by atoms with van der Waals surface area (Å²) < 4.78 is 10.4. The average molecular weight is 386 g/mol. The molecule has 4 aromatic rings. The van der Waals surface area contributed by atoms with E-state index in [1.165, 1.54) is 7.11 Å². The van der Waals surface area contributed by atoms with Crippen LogP contribution in [0.4, 0.5) is 0 Å². The van der Waals surface area contributed by atoms with E-state index in [0.29, 0.717) is 12.1 Å². The molecule has 0 aliphatic heterocycles. The van der Waals surface area contributed by atoms with Crippen LogP contribution in [-0.4, -0.2) is 30.2 Å². The fraction of sp³-hybridized carbons (Fsp3) is 0.167. The first kappa shape index (κ1) is 18.7. The Morgan fingerprint density at radius 1 is 1.03 bits per heavy atom. The average Bonchev–Trinajstić information content (AvgIpc) is 3.10. The Morgan fingerprint density at radius 2 is 1.83 bits per heavy atom. The van der Waals surface area contributed by atoms with Crippen LogP contribution in [-0.2, 0) is 11.2 Å². The fourth-order valence-corrected chi connectivity index (χ4v) is 3.62. The molecule has 0 spiro atoms. The Hall–Kier alpha value is -3.60. The molecule has 0 saturated heterocycles. The summed E-state index contributed by atoms with van der Waals surface area (Å²) in [6, 6.07) is 19.8. The molecule has 0 aliphatic rings. The highest BCUT2D eigenvalue weighted by atomic mass is 16.5. The molecule has 2 aromatic carbocycles. The first-order valence-electron chi connectivity index (χ1n) is 9.39. The predicted molar refractivity (Wildman–Crippen MR) is 113 cm³/mol. The van der Waals surface area contributed by atoms with Gasteiger partial charge in [0.15, 0.2) is 0 Å². The van der Waals surface area contributed by atoms with Gasteiger partial charge in [0.05, 0.1) is 19.9 Å². The smallest absolute Gasteiger partial charge is 0.356 e. The molecule has 146 valence electrons. The number of fused-ring (bicyclic) bond motifs is 1. The summed E-state index contributed by atoms with van der Waals surface area (Å²) in [7, 11) is 3.04. The zero-order chi connectivity index (χ0) is 20.4. The molecule has 0 radical (unpaired) electrons. The van der Waals surface area contributed by atoms with Crippen LogP contribution < -0.4 is 4.74 Å². The van der Waals surface area contributed by atoms with Gasteiger partial charge < -0.3 is 14.5 Å². The number of methoxy groups -OCH3 is 2. The van der Waals surface area contributed by atoms with E-state index in [4.69, 9.17) is 9.47 Å². The number of carbonyl (C=O) groups excluding carboxylic acids is 1. The Morgan fingerprint density at radius 3 is 2.55 bits per heavy atom. The van der Waals surface area contributed by atoms with Gasteiger partial charge in [0.1, 0.15) is 11.4 Å². The Kier molecular flexibility index (Phi) is 5.04. The summed E-state index contributed by atoms with van der Waals surface area (Å²) in [5.41, 5.74) is 6.46. The third-order valence-corrected chi connectivity index (χ3v) is 5.04. The number of aromatic amines is 1. The van der Waals surface area contributed by atoms with Gasteiger partial charge in [-0.25, -0.2) is 9.78 Å². The number of aromatic nitrogens is 2. The van der Waals surface area contributed by atoms with Crippen LogP contribution in [0.25, 0.3) is 22.2 Å². The van der Waals surface area contributed by atoms with Gasteiger partial charge in [-0.05, 0) is 47.9 Å². The minimum Gasteiger partial charge on any atom is -0.496 e. The van der Waals surface area contributed by atoms with Crippen molar-refractivity contribution in [1.82, 2.24) is 9.97 Å². The van der Waals surface area contributed by atoms with Crippen LogP contribution in [0.3, 0.4) is 0 Å². The molecular weight excluding hydrogens is 364 g/mol. The molecule has 0 fully saturated rings. The number of benzene rings is 2. The molecule has 2 heterocycles. The van der Waals surface area contributed by atoms with Crippen molar-refractivity contribution < 1.29 is 14.3 Å². The van der Waals surface area contributed by atoms with Crippen LogP contribution >= 0.6 is 0 Å². The molecule has 0 bridgehead atoms. The van der Waals surface area contributed by atoms with Crippen LogP contribution in [0.5, 0.6) is 5.75 Å². The zero-order valence-electron chi connectivity index (χ0n) is 16.7. The van der Waals surface area contributed by atoms with Gasteiger partial charge >= 0.3 is 5.97 Å². The minimum atomic E-state index is -0.439. The summed E-state index contributed by atoms with van der Waals surface area (Å²) in [5.74, 6) is 0.403. The number of hydrogen-bond acceptors (Lipinski definition) is 4. The number of ether oxygens (including phenoxy) is 2. The Balaban J connectivity index is 1.88. The van der Waals surface area contributed by atoms with Gasteiger partial charge in [0.2, 0.25) is 0 Å². The van der Waals surface area contributed by atoms with Crippen molar-refractivity contribution in [1.29, 1.82) is 0 Å². The number of H-pyrrole nitrogens is 1. The van der Waals surface area contributed by atoms with Crippen molar-refractivity contribution in [2.45, 2.75) is 13.3 Å². The molecule has 5 nitrogen and oxygen atoms in total. The summed E-state index contributed by atoms with van der Waals surface area (Å²) >= 11 is 0. The molecule has 2 aromatic heterocycles. The fourth-order valence-electron chi connectivity index (χ4n) is 3.62. The van der Waals surface area contributed by atoms with E-state index < -0.39 is 5.97 Å². The lowest BCUT2D eigenvalue weighted by atomic mass is 10.00. The van der Waals surface area contributed by atoms with Crippen LogP contribution in [0.15, 0.2) is 60.7 Å². The lowest BCUT2D eigenvalue weighted by molar-refractivity contribution is 0.0593. The van der Waals surface area contributed by atoms with Crippen LogP contribution in [0.2, 0.25) is 0 Å². The maximum Gasteiger partial charge on any atom is 0.356 e. The van der Waals surface area contributed by atoms with E-state index >= 15 is 0 Å². The number of carbonyl (C=O) groups is 1. The molecule has 0 atom stereocenters. The lowest BCUT2D eigenvalue weighted by Crippen LogP contribution is -2.06. The maximum absolute atomic E-state index is 11.9. The van der Waals surface area contributed by atoms with Crippen LogP contribution in [0.1, 0.15) is 27.3 Å². The highest BCUT2D eigenvalue weighted by molar-refractivity contribution is 5.93. The van der Waals surface area contributed by atoms with E-state index in [-0.39, 0.29) is 0 Å². The third-order valence-electron chi connectivity index (χ3n) is 5.04. The van der Waals surface area contributed by atoms with E-state index in [0.717, 1.165) is 44.7 Å². The largest absolute Gasteiger partial charge is 0.496 e. The number of esters is 1. The number of pyridine rings is 1. The SMILES string of the molecule is COC(=O)c1cccc(Cc2c(-c3ccccc3)[nH]c3cc(C)c(OC)cc23)n1. The maximum atomic E-state index is 11.9. The van der Waals surface area contributed by atoms with E-state index in [9.17, 15) is 4.79 Å². The third kappa shape index (κ3) is 3.59. The Bertz CT molecular complexity index is 1180. The second-order valence-corrected chi connectivity index (χ2v) is 6.89. The van der Waals surface area contributed by atoms with Gasteiger partial charge in [0.25, 0.3) is 0 Å². The molecule has 0 aliphatic carbocycles. The molecule has 5 heteroatoms. The molecule has 0 amide bonds. The van der Waals surface area contributed by atoms with Crippen molar-refractivity contribution in [2.24, 2.45) is 0 Å². The van der Waals surface area contributed by atoms with Crippen molar-refractivity contribution in [3.05, 3.63) is 83.2 Å². The second-order valence-electron chi connectivity index (χ2n) is 6.89. The highest BCUT2D eigenvalue weighted by Gasteiger charge is 2.17. The number of hydrogen-bond donors (Lipinski definition) is 1. The number of nitrogens with zero attached hydrogens (tertiary/aromatic N) is 1. The number of aryl methyl sites for hydroxylation is 1. The summed E-state index contributed by atoms with van der Waals surface area (Å²) in [6.07, 6.45) is 0.571. The predicted octanol–water partition coefficient (Wildman–Crippen LogP) is 4.92. The molecule has 4 rings (SSSR count). The van der Waals surface area contributed by atoms with E-state index in [1.54, 1.807) is 13.2 Å². The van der Waals surface area contributed by atoms with Crippen molar-refractivity contribution in [3.63, 3.8) is 0 Å².